The van der Waals surface area contributed by atoms with Gasteiger partial charge in [0.05, 0.1) is 6.54 Å². The summed E-state index contributed by atoms with van der Waals surface area (Å²) in [7, 11) is -3.61. The van der Waals surface area contributed by atoms with Crippen molar-refractivity contribution in [2.24, 2.45) is 5.73 Å². The van der Waals surface area contributed by atoms with E-state index in [1.165, 1.54) is 13.0 Å². The van der Waals surface area contributed by atoms with Gasteiger partial charge in [0.25, 0.3) is 0 Å². The Balaban J connectivity index is 1.97. The van der Waals surface area contributed by atoms with Gasteiger partial charge in [-0.05, 0) is 17.7 Å². The highest BCUT2D eigenvalue weighted by molar-refractivity contribution is 7.91. The Bertz CT molecular complexity index is 757. The number of benzene rings is 1. The Morgan fingerprint density at radius 3 is 2.57 bits per heavy atom. The van der Waals surface area contributed by atoms with Crippen LogP contribution in [0.4, 0.5) is 0 Å². The summed E-state index contributed by atoms with van der Waals surface area (Å²) in [5, 5.41) is 2.63. The van der Waals surface area contributed by atoms with Crippen LogP contribution in [-0.2, 0) is 21.4 Å². The number of rotatable bonds is 7. The van der Waals surface area contributed by atoms with Crippen LogP contribution >= 0.6 is 11.3 Å². The molecular formula is C15H19N3O3S2. The monoisotopic (exact) mass is 353 g/mol. The van der Waals surface area contributed by atoms with Crippen LogP contribution in [0.15, 0.2) is 46.7 Å². The third-order valence-corrected chi connectivity index (χ3v) is 6.14. The molecule has 0 saturated carbocycles. The average molecular weight is 353 g/mol. The van der Waals surface area contributed by atoms with Crippen LogP contribution in [0.5, 0.6) is 0 Å². The van der Waals surface area contributed by atoms with Crippen LogP contribution in [0.25, 0.3) is 0 Å². The first-order valence-corrected chi connectivity index (χ1v) is 9.32. The molecule has 1 amide bonds. The van der Waals surface area contributed by atoms with Gasteiger partial charge in [-0.25, -0.2) is 13.1 Å². The Hall–Kier alpha value is -1.74. The van der Waals surface area contributed by atoms with Gasteiger partial charge in [0.1, 0.15) is 4.21 Å². The van der Waals surface area contributed by atoms with Gasteiger partial charge in [-0.3, -0.25) is 4.79 Å². The second-order valence-corrected chi connectivity index (χ2v) is 8.16. The van der Waals surface area contributed by atoms with Gasteiger partial charge in [0.15, 0.2) is 0 Å². The summed E-state index contributed by atoms with van der Waals surface area (Å²) >= 11 is 1.12. The molecule has 8 heteroatoms. The highest BCUT2D eigenvalue weighted by Crippen LogP contribution is 2.21. The van der Waals surface area contributed by atoms with Crippen molar-refractivity contribution in [3.05, 3.63) is 52.9 Å². The molecule has 0 spiro atoms. The molecule has 6 nitrogen and oxygen atoms in total. The van der Waals surface area contributed by atoms with Crippen molar-refractivity contribution in [3.63, 3.8) is 0 Å². The number of nitrogens with two attached hydrogens (primary N) is 1. The van der Waals surface area contributed by atoms with Gasteiger partial charge in [0, 0.05) is 24.4 Å². The lowest BCUT2D eigenvalue weighted by Crippen LogP contribution is -2.31. The number of nitrogens with one attached hydrogen (secondary N) is 2. The first-order chi connectivity index (χ1) is 10.9. The third-order valence-electron chi connectivity index (χ3n) is 3.13. The summed E-state index contributed by atoms with van der Waals surface area (Å²) < 4.78 is 27.3. The Labute approximate surface area is 139 Å². The topological polar surface area (TPSA) is 101 Å². The standard InChI is InChI=1S/C15H19N3O3S2/c1-11(19)17-9-13-7-8-15(22-13)23(20,21)18-10-14(16)12-5-3-2-4-6-12/h2-8,14,18H,9-10,16H2,1H3,(H,17,19). The summed E-state index contributed by atoms with van der Waals surface area (Å²) in [4.78, 5) is 11.7. The van der Waals surface area contributed by atoms with Gasteiger partial charge in [0.2, 0.25) is 15.9 Å². The van der Waals surface area contributed by atoms with E-state index in [2.05, 4.69) is 10.0 Å². The number of amides is 1. The largest absolute Gasteiger partial charge is 0.351 e. The molecule has 1 aromatic heterocycles. The smallest absolute Gasteiger partial charge is 0.250 e. The third kappa shape index (κ3) is 5.14. The predicted molar refractivity (Wildman–Crippen MR) is 90.4 cm³/mol. The van der Waals surface area contributed by atoms with Crippen molar-refractivity contribution in [2.75, 3.05) is 6.54 Å². The molecule has 23 heavy (non-hydrogen) atoms. The van der Waals surface area contributed by atoms with E-state index in [0.29, 0.717) is 6.54 Å². The molecule has 0 bridgehead atoms. The maximum Gasteiger partial charge on any atom is 0.250 e. The summed E-state index contributed by atoms with van der Waals surface area (Å²) in [6.07, 6.45) is 0. The van der Waals surface area contributed by atoms with E-state index in [4.69, 9.17) is 5.73 Å². The molecule has 1 unspecified atom stereocenters. The summed E-state index contributed by atoms with van der Waals surface area (Å²) in [5.74, 6) is -0.158. The first kappa shape index (κ1) is 17.6. The van der Waals surface area contributed by atoms with Crippen molar-refractivity contribution in [2.45, 2.75) is 23.7 Å². The van der Waals surface area contributed by atoms with E-state index >= 15 is 0 Å². The molecule has 4 N–H and O–H groups in total. The zero-order valence-corrected chi connectivity index (χ0v) is 14.3. The van der Waals surface area contributed by atoms with Gasteiger partial charge in [-0.2, -0.15) is 0 Å². The molecule has 124 valence electrons. The van der Waals surface area contributed by atoms with E-state index < -0.39 is 16.1 Å². The lowest BCUT2D eigenvalue weighted by atomic mass is 10.1. The number of sulfonamides is 1. The number of hydrogen-bond acceptors (Lipinski definition) is 5. The van der Waals surface area contributed by atoms with E-state index in [1.54, 1.807) is 6.07 Å². The van der Waals surface area contributed by atoms with E-state index in [-0.39, 0.29) is 16.7 Å². The predicted octanol–water partition coefficient (Wildman–Crippen LogP) is 1.36. The SMILES string of the molecule is CC(=O)NCc1ccc(S(=O)(=O)NCC(N)c2ccccc2)s1. The number of carbonyl (C=O) groups is 1. The first-order valence-electron chi connectivity index (χ1n) is 7.02. The zero-order valence-electron chi connectivity index (χ0n) is 12.7. The molecule has 0 saturated heterocycles. The quantitative estimate of drug-likeness (QED) is 0.699. The molecule has 0 radical (unpaired) electrons. The van der Waals surface area contributed by atoms with Crippen LogP contribution < -0.4 is 15.8 Å². The Morgan fingerprint density at radius 2 is 1.91 bits per heavy atom. The minimum Gasteiger partial charge on any atom is -0.351 e. The van der Waals surface area contributed by atoms with Gasteiger partial charge in [-0.1, -0.05) is 30.3 Å². The second kappa shape index (κ2) is 7.69. The van der Waals surface area contributed by atoms with Crippen LogP contribution in [0.3, 0.4) is 0 Å². The van der Waals surface area contributed by atoms with Crippen molar-refractivity contribution in [3.8, 4) is 0 Å². The fourth-order valence-corrected chi connectivity index (χ4v) is 4.30. The number of hydrogen-bond donors (Lipinski definition) is 3. The van der Waals surface area contributed by atoms with E-state index in [0.717, 1.165) is 21.8 Å². The average Bonchev–Trinajstić information content (AvgIpc) is 3.01. The van der Waals surface area contributed by atoms with E-state index in [1.807, 2.05) is 30.3 Å². The van der Waals surface area contributed by atoms with Gasteiger partial charge in [-0.15, -0.1) is 11.3 Å². The molecule has 0 aliphatic heterocycles. The van der Waals surface area contributed by atoms with Crippen LogP contribution in [-0.4, -0.2) is 20.9 Å². The van der Waals surface area contributed by atoms with Crippen molar-refractivity contribution in [1.82, 2.24) is 10.0 Å². The van der Waals surface area contributed by atoms with E-state index in [9.17, 15) is 13.2 Å². The zero-order chi connectivity index (χ0) is 16.9. The van der Waals surface area contributed by atoms with Crippen LogP contribution in [0.2, 0.25) is 0 Å². The molecule has 2 aromatic rings. The minimum atomic E-state index is -3.61. The molecule has 0 aliphatic carbocycles. The molecular weight excluding hydrogens is 334 g/mol. The normalized spacial score (nSPS) is 12.8. The Morgan fingerprint density at radius 1 is 1.22 bits per heavy atom. The maximum absolute atomic E-state index is 12.3. The lowest BCUT2D eigenvalue weighted by molar-refractivity contribution is -0.119. The van der Waals surface area contributed by atoms with Crippen LogP contribution in [0, 0.1) is 0 Å². The van der Waals surface area contributed by atoms with Crippen molar-refractivity contribution >= 4 is 27.3 Å². The Kier molecular flexibility index (Phi) is 5.89. The second-order valence-electron chi connectivity index (χ2n) is 5.00. The molecule has 1 aromatic carbocycles. The summed E-state index contributed by atoms with van der Waals surface area (Å²) in [6, 6.07) is 12.1. The van der Waals surface area contributed by atoms with Crippen molar-refractivity contribution < 1.29 is 13.2 Å². The molecule has 0 aliphatic rings. The van der Waals surface area contributed by atoms with Crippen molar-refractivity contribution in [1.29, 1.82) is 0 Å². The highest BCUT2D eigenvalue weighted by Gasteiger charge is 2.18. The van der Waals surface area contributed by atoms with Gasteiger partial charge < -0.3 is 11.1 Å². The number of carbonyl (C=O) groups excluding carboxylic acids is 1. The summed E-state index contributed by atoms with van der Waals surface area (Å²) in [6.45, 7) is 1.85. The molecule has 1 atom stereocenters. The fourth-order valence-electron chi connectivity index (χ4n) is 1.90. The molecule has 2 rings (SSSR count). The fraction of sp³-hybridized carbons (Fsp3) is 0.267. The maximum atomic E-state index is 12.3. The molecule has 1 heterocycles. The van der Waals surface area contributed by atoms with Gasteiger partial charge >= 0.3 is 0 Å². The number of thiophene rings is 1. The minimum absolute atomic E-state index is 0.116. The van der Waals surface area contributed by atoms with Crippen LogP contribution in [0.1, 0.15) is 23.4 Å². The lowest BCUT2D eigenvalue weighted by Gasteiger charge is -2.12. The summed E-state index contributed by atoms with van der Waals surface area (Å²) in [5.41, 5.74) is 6.86. The highest BCUT2D eigenvalue weighted by atomic mass is 32.2. The molecule has 0 fully saturated rings.